The molecule has 9 nitrogen and oxygen atoms in total. The zero-order chi connectivity index (χ0) is 29.9. The lowest BCUT2D eigenvalue weighted by atomic mass is 9.99. The second kappa shape index (κ2) is 11.7. The van der Waals surface area contributed by atoms with Gasteiger partial charge in [-0.25, -0.2) is 0 Å². The van der Waals surface area contributed by atoms with Gasteiger partial charge < -0.3 is 23.9 Å². The van der Waals surface area contributed by atoms with Crippen molar-refractivity contribution < 1.29 is 33.3 Å². The molecule has 3 heterocycles. The predicted octanol–water partition coefficient (Wildman–Crippen LogP) is 5.77. The molecule has 2 aliphatic heterocycles. The van der Waals surface area contributed by atoms with E-state index in [1.165, 1.54) is 13.3 Å². The minimum Gasteiger partial charge on any atom is -0.489 e. The van der Waals surface area contributed by atoms with Gasteiger partial charge in [0.15, 0.2) is 17.3 Å². The van der Waals surface area contributed by atoms with Crippen LogP contribution in [0.1, 0.15) is 31.9 Å². The van der Waals surface area contributed by atoms with Gasteiger partial charge in [0, 0.05) is 29.7 Å². The Labute approximate surface area is 242 Å². The highest BCUT2D eigenvalue weighted by molar-refractivity contribution is 6.38. The van der Waals surface area contributed by atoms with Crippen molar-refractivity contribution in [1.29, 1.82) is 0 Å². The van der Waals surface area contributed by atoms with E-state index in [1.54, 1.807) is 18.3 Å². The third-order valence-electron chi connectivity index (χ3n) is 6.47. The van der Waals surface area contributed by atoms with Crippen LogP contribution in [-0.2, 0) is 25.7 Å². The van der Waals surface area contributed by atoms with Gasteiger partial charge in [0.25, 0.3) is 18.3 Å². The fourth-order valence-electron chi connectivity index (χ4n) is 4.40. The minimum absolute atomic E-state index is 0.156. The lowest BCUT2D eigenvalue weighted by Crippen LogP contribution is -2.27. The van der Waals surface area contributed by atoms with E-state index < -0.39 is 11.8 Å². The monoisotopic (exact) mass is 566 g/mol. The Kier molecular flexibility index (Phi) is 7.84. The van der Waals surface area contributed by atoms with Crippen molar-refractivity contribution in [2.24, 2.45) is 0 Å². The fourth-order valence-corrected chi connectivity index (χ4v) is 4.40. The van der Waals surface area contributed by atoms with Gasteiger partial charge >= 0.3 is 0 Å². The summed E-state index contributed by atoms with van der Waals surface area (Å²) < 4.78 is 22.2. The Hall–Kier alpha value is -5.31. The standard InChI is InChI=1S/C28H20N2O5.C5H10O2/c1-30-27(31)25(26(28(30)32)24-16-34-22-9-5-6-10-23(22)35-24)20-14-29-21-12-11-18(13-19(20)21)33-15-17-7-3-2-4-8-17;1-5(2,3)7-4-6/h2-14,16,29H,15H2,1H3;4H,1-3H3. The number of imide groups is 1. The first-order chi connectivity index (χ1) is 20.2. The molecule has 214 valence electrons. The molecule has 0 bridgehead atoms. The largest absolute Gasteiger partial charge is 0.489 e. The molecule has 0 atom stereocenters. The lowest BCUT2D eigenvalue weighted by molar-refractivity contribution is -0.139. The molecule has 1 aromatic heterocycles. The van der Waals surface area contributed by atoms with Crippen LogP contribution in [0, 0.1) is 0 Å². The van der Waals surface area contributed by atoms with Gasteiger partial charge in [0.2, 0.25) is 0 Å². The molecule has 2 amide bonds. The second-order valence-electron chi connectivity index (χ2n) is 10.6. The van der Waals surface area contributed by atoms with E-state index in [0.717, 1.165) is 21.4 Å². The van der Waals surface area contributed by atoms with Crippen LogP contribution in [-0.4, -0.2) is 40.8 Å². The number of para-hydroxylation sites is 2. The van der Waals surface area contributed by atoms with Gasteiger partial charge in [0.05, 0.1) is 11.1 Å². The number of nitrogens with one attached hydrogen (secondary N) is 1. The topological polar surface area (TPSA) is 107 Å². The van der Waals surface area contributed by atoms with E-state index in [-0.39, 0.29) is 22.5 Å². The number of aromatic amines is 1. The van der Waals surface area contributed by atoms with Gasteiger partial charge in [-0.05, 0) is 56.7 Å². The average molecular weight is 567 g/mol. The molecule has 0 saturated carbocycles. The zero-order valence-corrected chi connectivity index (χ0v) is 23.7. The summed E-state index contributed by atoms with van der Waals surface area (Å²) in [4.78, 5) is 40.2. The summed E-state index contributed by atoms with van der Waals surface area (Å²) in [5, 5.41) is 0.761. The van der Waals surface area contributed by atoms with E-state index in [1.807, 2.05) is 81.4 Å². The van der Waals surface area contributed by atoms with Crippen LogP contribution < -0.4 is 14.2 Å². The van der Waals surface area contributed by atoms with Crippen LogP contribution in [0.3, 0.4) is 0 Å². The van der Waals surface area contributed by atoms with Crippen molar-refractivity contribution >= 4 is 34.8 Å². The molecule has 9 heteroatoms. The number of carbonyl (C=O) groups is 3. The normalized spacial score (nSPS) is 14.4. The number of likely N-dealkylation sites (N-methyl/N-ethyl adjacent to an activating group) is 1. The quantitative estimate of drug-likeness (QED) is 0.233. The van der Waals surface area contributed by atoms with Gasteiger partial charge in [-0.15, -0.1) is 0 Å². The molecular formula is C33H30N2O7. The van der Waals surface area contributed by atoms with Gasteiger partial charge in [-0.1, -0.05) is 42.5 Å². The highest BCUT2D eigenvalue weighted by Gasteiger charge is 2.41. The van der Waals surface area contributed by atoms with Gasteiger partial charge in [-0.2, -0.15) is 0 Å². The highest BCUT2D eigenvalue weighted by atomic mass is 16.6. The van der Waals surface area contributed by atoms with Crippen molar-refractivity contribution in [3.8, 4) is 17.2 Å². The first-order valence-corrected chi connectivity index (χ1v) is 13.3. The highest BCUT2D eigenvalue weighted by Crippen LogP contribution is 2.41. The maximum Gasteiger partial charge on any atom is 0.293 e. The fraction of sp³-hybridized carbons (Fsp3) is 0.182. The molecule has 0 radical (unpaired) electrons. The first-order valence-electron chi connectivity index (χ1n) is 13.3. The number of hydrogen-bond acceptors (Lipinski definition) is 7. The van der Waals surface area contributed by atoms with Crippen LogP contribution in [0.15, 0.2) is 96.6 Å². The van der Waals surface area contributed by atoms with E-state index >= 15 is 0 Å². The first kappa shape index (κ1) is 28.2. The van der Waals surface area contributed by atoms with Crippen LogP contribution >= 0.6 is 0 Å². The molecule has 0 spiro atoms. The number of ether oxygens (including phenoxy) is 4. The molecule has 1 N–H and O–H groups in total. The van der Waals surface area contributed by atoms with Crippen LogP contribution in [0.4, 0.5) is 0 Å². The number of benzene rings is 3. The van der Waals surface area contributed by atoms with Crippen LogP contribution in [0.5, 0.6) is 17.2 Å². The number of H-pyrrole nitrogens is 1. The lowest BCUT2D eigenvalue weighted by Gasteiger charge is -2.18. The number of nitrogens with zero attached hydrogens (tertiary/aromatic N) is 1. The number of carbonyl (C=O) groups excluding carboxylic acids is 3. The van der Waals surface area contributed by atoms with Crippen molar-refractivity contribution in [2.45, 2.75) is 33.0 Å². The summed E-state index contributed by atoms with van der Waals surface area (Å²) in [5.74, 6) is 0.986. The molecule has 3 aromatic carbocycles. The Bertz CT molecular complexity index is 1710. The smallest absolute Gasteiger partial charge is 0.293 e. The maximum absolute atomic E-state index is 13.2. The van der Waals surface area contributed by atoms with Crippen molar-refractivity contribution in [3.05, 3.63) is 108 Å². The summed E-state index contributed by atoms with van der Waals surface area (Å²) in [5.41, 5.74) is 2.54. The van der Waals surface area contributed by atoms with E-state index in [4.69, 9.17) is 14.2 Å². The van der Waals surface area contributed by atoms with Crippen molar-refractivity contribution in [2.75, 3.05) is 7.05 Å². The third-order valence-corrected chi connectivity index (χ3v) is 6.47. The summed E-state index contributed by atoms with van der Waals surface area (Å²) in [6, 6.07) is 22.6. The van der Waals surface area contributed by atoms with Crippen LogP contribution in [0.2, 0.25) is 0 Å². The Morgan fingerprint density at radius 2 is 1.60 bits per heavy atom. The number of hydrogen-bond donors (Lipinski definition) is 1. The molecule has 4 aromatic rings. The Balaban J connectivity index is 0.000000451. The summed E-state index contributed by atoms with van der Waals surface area (Å²) >= 11 is 0. The summed E-state index contributed by atoms with van der Waals surface area (Å²) in [6.07, 6.45) is 3.09. The molecule has 6 rings (SSSR count). The molecule has 2 aliphatic rings. The molecular weight excluding hydrogens is 536 g/mol. The Morgan fingerprint density at radius 3 is 2.29 bits per heavy atom. The number of amides is 2. The summed E-state index contributed by atoms with van der Waals surface area (Å²) in [6.45, 7) is 6.34. The number of aromatic nitrogens is 1. The van der Waals surface area contributed by atoms with Gasteiger partial charge in [0.1, 0.15) is 24.2 Å². The van der Waals surface area contributed by atoms with E-state index in [0.29, 0.717) is 35.9 Å². The predicted molar refractivity (Wildman–Crippen MR) is 156 cm³/mol. The Morgan fingerprint density at radius 1 is 0.905 bits per heavy atom. The van der Waals surface area contributed by atoms with Crippen LogP contribution in [0.25, 0.3) is 16.5 Å². The second-order valence-corrected chi connectivity index (χ2v) is 10.6. The zero-order valence-electron chi connectivity index (χ0n) is 23.7. The number of rotatable bonds is 6. The van der Waals surface area contributed by atoms with Crippen molar-refractivity contribution in [1.82, 2.24) is 9.88 Å². The molecule has 0 fully saturated rings. The number of fused-ring (bicyclic) bond motifs is 2. The minimum atomic E-state index is -0.454. The maximum atomic E-state index is 13.2. The van der Waals surface area contributed by atoms with Crippen molar-refractivity contribution in [3.63, 3.8) is 0 Å². The molecule has 0 unspecified atom stereocenters. The SMILES string of the molecule is CC(C)(C)OC=O.CN1C(=O)C(C2=COc3ccccc3O2)=C(c2c[nH]c3ccc(OCc4ccccc4)cc23)C1=O. The molecule has 0 aliphatic carbocycles. The van der Waals surface area contributed by atoms with E-state index in [2.05, 4.69) is 9.72 Å². The molecule has 42 heavy (non-hydrogen) atoms. The average Bonchev–Trinajstić information content (AvgIpc) is 3.49. The van der Waals surface area contributed by atoms with Gasteiger partial charge in [-0.3, -0.25) is 19.3 Å². The van der Waals surface area contributed by atoms with E-state index in [9.17, 15) is 14.4 Å². The summed E-state index contributed by atoms with van der Waals surface area (Å²) in [7, 11) is 1.46. The molecule has 0 saturated heterocycles. The third kappa shape index (κ3) is 5.90.